The number of anilines is 2. The van der Waals surface area contributed by atoms with Gasteiger partial charge >= 0.3 is 12.0 Å². The van der Waals surface area contributed by atoms with Crippen molar-refractivity contribution >= 4 is 40.1 Å². The molecule has 0 bridgehead atoms. The van der Waals surface area contributed by atoms with E-state index in [9.17, 15) is 14.0 Å². The summed E-state index contributed by atoms with van der Waals surface area (Å²) in [5.41, 5.74) is 3.42. The maximum absolute atomic E-state index is 13.8. The molecule has 2 amide bonds. The Morgan fingerprint density at radius 3 is 2.53 bits per heavy atom. The van der Waals surface area contributed by atoms with Crippen LogP contribution in [0.2, 0.25) is 0 Å². The second-order valence-electron chi connectivity index (χ2n) is 8.03. The Morgan fingerprint density at radius 1 is 1.03 bits per heavy atom. The molecule has 0 saturated carbocycles. The lowest BCUT2D eigenvalue weighted by Gasteiger charge is -2.35. The number of hydrogen-bond acceptors (Lipinski definition) is 5. The van der Waals surface area contributed by atoms with Gasteiger partial charge in [0.25, 0.3) is 0 Å². The maximum atomic E-state index is 13.8. The number of fused-ring (bicyclic) bond motifs is 3. The maximum Gasteiger partial charge on any atom is 0.338 e. The summed E-state index contributed by atoms with van der Waals surface area (Å²) in [6, 6.07) is 15.0. The standard InChI is InChI=1S/C25H24FN5O3/c1-2-34-24(32)17-5-8-19(9-6-17)27-25(33)30-14-12-29(13-15-30)23-22-4-3-11-31(22)21-10-7-18(26)16-20(21)28-23/h3-11,16H,2,12-15H2,1H3,(H,27,33). The molecule has 1 N–H and O–H groups in total. The molecule has 0 unspecified atom stereocenters. The Hall–Kier alpha value is -4.14. The highest BCUT2D eigenvalue weighted by Crippen LogP contribution is 2.27. The number of benzene rings is 2. The minimum Gasteiger partial charge on any atom is -0.462 e. The zero-order valence-corrected chi connectivity index (χ0v) is 18.7. The molecule has 0 aliphatic carbocycles. The Bertz CT molecular complexity index is 1360. The second kappa shape index (κ2) is 9.01. The quantitative estimate of drug-likeness (QED) is 0.462. The van der Waals surface area contributed by atoms with Crippen molar-refractivity contribution in [2.45, 2.75) is 6.92 Å². The normalized spacial score (nSPS) is 13.9. The first-order valence-electron chi connectivity index (χ1n) is 11.2. The van der Waals surface area contributed by atoms with Crippen LogP contribution in [0.3, 0.4) is 0 Å². The van der Waals surface area contributed by atoms with Crippen LogP contribution in [0.1, 0.15) is 17.3 Å². The summed E-state index contributed by atoms with van der Waals surface area (Å²) in [7, 11) is 0. The average Bonchev–Trinajstić information content (AvgIpc) is 3.34. The fourth-order valence-electron chi connectivity index (χ4n) is 4.20. The van der Waals surface area contributed by atoms with Crippen LogP contribution in [0.25, 0.3) is 16.6 Å². The average molecular weight is 461 g/mol. The lowest BCUT2D eigenvalue weighted by Crippen LogP contribution is -2.50. The number of aromatic nitrogens is 2. The molecule has 1 saturated heterocycles. The molecule has 3 heterocycles. The van der Waals surface area contributed by atoms with Gasteiger partial charge in [-0.25, -0.2) is 19.0 Å². The summed E-state index contributed by atoms with van der Waals surface area (Å²) >= 11 is 0. The monoisotopic (exact) mass is 461 g/mol. The van der Waals surface area contributed by atoms with Crippen LogP contribution in [0.5, 0.6) is 0 Å². The van der Waals surface area contributed by atoms with Crippen molar-refractivity contribution in [2.24, 2.45) is 0 Å². The summed E-state index contributed by atoms with van der Waals surface area (Å²) in [5, 5.41) is 2.88. The summed E-state index contributed by atoms with van der Waals surface area (Å²) < 4.78 is 20.8. The van der Waals surface area contributed by atoms with Crippen LogP contribution in [-0.2, 0) is 4.74 Å². The molecule has 34 heavy (non-hydrogen) atoms. The third-order valence-electron chi connectivity index (χ3n) is 5.91. The number of amides is 2. The predicted octanol–water partition coefficient (Wildman–Crippen LogP) is 4.16. The first kappa shape index (κ1) is 21.7. The van der Waals surface area contributed by atoms with Crippen molar-refractivity contribution in [3.63, 3.8) is 0 Å². The smallest absolute Gasteiger partial charge is 0.338 e. The summed E-state index contributed by atoms with van der Waals surface area (Å²) in [6.07, 6.45) is 1.94. The van der Waals surface area contributed by atoms with Gasteiger partial charge in [-0.2, -0.15) is 0 Å². The SMILES string of the molecule is CCOC(=O)c1ccc(NC(=O)N2CCN(c3nc4cc(F)ccc4n4cccc34)CC2)cc1. The van der Waals surface area contributed by atoms with Gasteiger partial charge in [0, 0.05) is 44.1 Å². The van der Waals surface area contributed by atoms with Gasteiger partial charge < -0.3 is 24.3 Å². The van der Waals surface area contributed by atoms with Crippen molar-refractivity contribution < 1.29 is 18.7 Å². The van der Waals surface area contributed by atoms with Crippen LogP contribution >= 0.6 is 0 Å². The topological polar surface area (TPSA) is 79.2 Å². The van der Waals surface area contributed by atoms with Gasteiger partial charge in [-0.3, -0.25) is 0 Å². The molecule has 2 aromatic carbocycles. The van der Waals surface area contributed by atoms with E-state index < -0.39 is 5.97 Å². The number of esters is 1. The first-order valence-corrected chi connectivity index (χ1v) is 11.2. The lowest BCUT2D eigenvalue weighted by molar-refractivity contribution is 0.0526. The van der Waals surface area contributed by atoms with Gasteiger partial charge in [0.2, 0.25) is 0 Å². The minimum atomic E-state index is -0.390. The van der Waals surface area contributed by atoms with Crippen LogP contribution < -0.4 is 10.2 Å². The molecule has 9 heteroatoms. The van der Waals surface area contributed by atoms with E-state index in [1.165, 1.54) is 12.1 Å². The van der Waals surface area contributed by atoms with Crippen LogP contribution in [-0.4, -0.2) is 59.1 Å². The molecule has 174 valence electrons. The van der Waals surface area contributed by atoms with Crippen molar-refractivity contribution in [2.75, 3.05) is 43.0 Å². The molecule has 0 spiro atoms. The zero-order chi connectivity index (χ0) is 23.7. The highest BCUT2D eigenvalue weighted by molar-refractivity contribution is 5.92. The van der Waals surface area contributed by atoms with Gasteiger partial charge in [0.15, 0.2) is 5.82 Å². The number of nitrogens with zero attached hydrogens (tertiary/aromatic N) is 4. The van der Waals surface area contributed by atoms with Crippen LogP contribution in [0.4, 0.5) is 20.7 Å². The first-order chi connectivity index (χ1) is 16.5. The number of nitrogens with one attached hydrogen (secondary N) is 1. The molecule has 1 aliphatic rings. The van der Waals surface area contributed by atoms with Gasteiger partial charge in [0.1, 0.15) is 5.82 Å². The third kappa shape index (κ3) is 4.12. The second-order valence-corrected chi connectivity index (χ2v) is 8.03. The van der Waals surface area contributed by atoms with E-state index in [0.29, 0.717) is 49.6 Å². The van der Waals surface area contributed by atoms with Gasteiger partial charge in [0.05, 0.1) is 28.7 Å². The molecule has 1 fully saturated rings. The van der Waals surface area contributed by atoms with Crippen molar-refractivity contribution in [1.29, 1.82) is 0 Å². The predicted molar refractivity (Wildman–Crippen MR) is 128 cm³/mol. The highest BCUT2D eigenvalue weighted by atomic mass is 19.1. The van der Waals surface area contributed by atoms with E-state index in [-0.39, 0.29) is 11.8 Å². The van der Waals surface area contributed by atoms with Crippen molar-refractivity contribution in [3.05, 3.63) is 72.2 Å². The van der Waals surface area contributed by atoms with E-state index in [4.69, 9.17) is 9.72 Å². The van der Waals surface area contributed by atoms with Crippen molar-refractivity contribution in [3.8, 4) is 0 Å². The number of rotatable bonds is 4. The summed E-state index contributed by atoms with van der Waals surface area (Å²) in [4.78, 5) is 33.1. The number of urea groups is 1. The van der Waals surface area contributed by atoms with Gasteiger partial charge in [-0.1, -0.05) is 0 Å². The Morgan fingerprint density at radius 2 is 1.79 bits per heavy atom. The van der Waals surface area contributed by atoms with Gasteiger partial charge in [-0.05, 0) is 55.5 Å². The Labute approximate surface area is 195 Å². The Kier molecular flexibility index (Phi) is 5.75. The van der Waals surface area contributed by atoms with Crippen LogP contribution in [0.15, 0.2) is 60.8 Å². The fourth-order valence-corrected chi connectivity index (χ4v) is 4.20. The molecular formula is C25H24FN5O3. The highest BCUT2D eigenvalue weighted by Gasteiger charge is 2.24. The van der Waals surface area contributed by atoms with E-state index in [2.05, 4.69) is 10.2 Å². The number of piperazine rings is 1. The number of carbonyl (C=O) groups is 2. The molecule has 2 aromatic heterocycles. The molecule has 8 nitrogen and oxygen atoms in total. The minimum absolute atomic E-state index is 0.204. The number of halogens is 1. The van der Waals surface area contributed by atoms with Gasteiger partial charge in [-0.15, -0.1) is 0 Å². The zero-order valence-electron chi connectivity index (χ0n) is 18.7. The number of hydrogen-bond donors (Lipinski definition) is 1. The lowest BCUT2D eigenvalue weighted by atomic mass is 10.2. The Balaban J connectivity index is 1.26. The molecule has 5 rings (SSSR count). The third-order valence-corrected chi connectivity index (χ3v) is 5.91. The van der Waals surface area contributed by atoms with E-state index in [1.54, 1.807) is 42.2 Å². The number of carbonyl (C=O) groups excluding carboxylic acids is 2. The fraction of sp³-hybridized carbons (Fsp3) is 0.240. The summed E-state index contributed by atoms with van der Waals surface area (Å²) in [6.45, 7) is 4.30. The molecule has 0 atom stereocenters. The largest absolute Gasteiger partial charge is 0.462 e. The molecule has 0 radical (unpaired) electrons. The summed E-state index contributed by atoms with van der Waals surface area (Å²) in [5.74, 6) is 0.0607. The van der Waals surface area contributed by atoms with Crippen LogP contribution in [0, 0.1) is 5.82 Å². The molecular weight excluding hydrogens is 437 g/mol. The van der Waals surface area contributed by atoms with E-state index in [1.807, 2.05) is 22.7 Å². The molecule has 1 aliphatic heterocycles. The van der Waals surface area contributed by atoms with Crippen molar-refractivity contribution in [1.82, 2.24) is 14.3 Å². The van der Waals surface area contributed by atoms with E-state index in [0.717, 1.165) is 16.9 Å². The molecule has 4 aromatic rings. The van der Waals surface area contributed by atoms with E-state index >= 15 is 0 Å². The number of ether oxygens (including phenoxy) is 1.